The van der Waals surface area contributed by atoms with Crippen molar-refractivity contribution < 1.29 is 29.0 Å². The molecule has 1 aromatic carbocycles. The van der Waals surface area contributed by atoms with E-state index in [1.807, 2.05) is 0 Å². The third kappa shape index (κ3) is 5.17. The molecule has 0 aromatic heterocycles. The number of hydrogen-bond acceptors (Lipinski definition) is 5. The summed E-state index contributed by atoms with van der Waals surface area (Å²) in [5.41, 5.74) is 0.292. The van der Waals surface area contributed by atoms with Gasteiger partial charge in [0.05, 0.1) is 20.8 Å². The Morgan fingerprint density at radius 3 is 2.35 bits per heavy atom. The van der Waals surface area contributed by atoms with Crippen molar-refractivity contribution in [2.45, 2.75) is 19.4 Å². The number of aliphatic carboxylic acids is 1. The summed E-state index contributed by atoms with van der Waals surface area (Å²) in [6.45, 7) is 1.32. The average molecular weight is 324 g/mol. The van der Waals surface area contributed by atoms with Crippen molar-refractivity contribution in [2.24, 2.45) is 0 Å². The molecule has 23 heavy (non-hydrogen) atoms. The van der Waals surface area contributed by atoms with E-state index in [2.05, 4.69) is 10.6 Å². The number of ether oxygens (including phenoxy) is 2. The molecule has 0 bridgehead atoms. The van der Waals surface area contributed by atoms with E-state index < -0.39 is 23.8 Å². The highest BCUT2D eigenvalue weighted by Gasteiger charge is 2.18. The van der Waals surface area contributed by atoms with Gasteiger partial charge in [0, 0.05) is 5.56 Å². The highest BCUT2D eigenvalue weighted by Crippen LogP contribution is 2.27. The van der Waals surface area contributed by atoms with Gasteiger partial charge in [0.25, 0.3) is 5.91 Å². The van der Waals surface area contributed by atoms with E-state index in [9.17, 15) is 14.4 Å². The lowest BCUT2D eigenvalue weighted by Gasteiger charge is -2.13. The predicted molar refractivity (Wildman–Crippen MR) is 81.7 cm³/mol. The van der Waals surface area contributed by atoms with Crippen LogP contribution in [0.15, 0.2) is 18.2 Å². The lowest BCUT2D eigenvalue weighted by molar-refractivity contribution is -0.141. The number of carboxylic acids is 1. The van der Waals surface area contributed by atoms with Gasteiger partial charge in [0.1, 0.15) is 6.04 Å². The molecule has 2 amide bonds. The summed E-state index contributed by atoms with van der Waals surface area (Å²) in [6, 6.07) is 3.62. The normalized spacial score (nSPS) is 11.3. The standard InChI is InChI=1S/C15H20N2O6/c1-4-10(15(20)21)17-13(18)8-16-14(19)9-5-6-11(22-2)12(7-9)23-3/h5-7,10H,4,8H2,1-3H3,(H,16,19)(H,17,18)(H,20,21). The van der Waals surface area contributed by atoms with Crippen molar-refractivity contribution in [3.63, 3.8) is 0 Å². The van der Waals surface area contributed by atoms with Gasteiger partial charge in [-0.2, -0.15) is 0 Å². The first-order valence-corrected chi connectivity index (χ1v) is 6.95. The van der Waals surface area contributed by atoms with Crippen LogP contribution in [0.2, 0.25) is 0 Å². The predicted octanol–water partition coefficient (Wildman–Crippen LogP) is 0.413. The summed E-state index contributed by atoms with van der Waals surface area (Å²) in [4.78, 5) is 34.5. The summed E-state index contributed by atoms with van der Waals surface area (Å²) in [7, 11) is 2.93. The van der Waals surface area contributed by atoms with Crippen LogP contribution in [0.1, 0.15) is 23.7 Å². The first kappa shape index (κ1) is 18.3. The van der Waals surface area contributed by atoms with Gasteiger partial charge in [-0.25, -0.2) is 4.79 Å². The minimum absolute atomic E-state index is 0.255. The molecule has 0 heterocycles. The Morgan fingerprint density at radius 2 is 1.83 bits per heavy atom. The Hall–Kier alpha value is -2.77. The minimum atomic E-state index is -1.12. The van der Waals surface area contributed by atoms with Crippen LogP contribution in [0.4, 0.5) is 0 Å². The smallest absolute Gasteiger partial charge is 0.326 e. The van der Waals surface area contributed by atoms with Crippen molar-refractivity contribution >= 4 is 17.8 Å². The Balaban J connectivity index is 2.63. The summed E-state index contributed by atoms with van der Waals surface area (Å²) in [5.74, 6) is -1.31. The van der Waals surface area contributed by atoms with Crippen molar-refractivity contribution in [1.82, 2.24) is 10.6 Å². The number of nitrogens with one attached hydrogen (secondary N) is 2. The van der Waals surface area contributed by atoms with E-state index >= 15 is 0 Å². The molecular weight excluding hydrogens is 304 g/mol. The molecule has 1 atom stereocenters. The lowest BCUT2D eigenvalue weighted by atomic mass is 10.2. The van der Waals surface area contributed by atoms with Gasteiger partial charge in [-0.15, -0.1) is 0 Å². The summed E-state index contributed by atoms with van der Waals surface area (Å²) < 4.78 is 10.2. The first-order chi connectivity index (χ1) is 10.9. The number of carbonyl (C=O) groups is 3. The molecule has 0 saturated heterocycles. The van der Waals surface area contributed by atoms with Gasteiger partial charge in [-0.05, 0) is 24.6 Å². The average Bonchev–Trinajstić information content (AvgIpc) is 2.56. The lowest BCUT2D eigenvalue weighted by Crippen LogP contribution is -2.45. The minimum Gasteiger partial charge on any atom is -0.493 e. The maximum absolute atomic E-state index is 12.0. The highest BCUT2D eigenvalue weighted by molar-refractivity contribution is 5.97. The van der Waals surface area contributed by atoms with E-state index in [-0.39, 0.29) is 13.0 Å². The van der Waals surface area contributed by atoms with Crippen LogP contribution < -0.4 is 20.1 Å². The Morgan fingerprint density at radius 1 is 1.17 bits per heavy atom. The number of hydrogen-bond donors (Lipinski definition) is 3. The Labute approximate surface area is 133 Å². The molecule has 3 N–H and O–H groups in total. The zero-order chi connectivity index (χ0) is 17.4. The zero-order valence-corrected chi connectivity index (χ0v) is 13.2. The molecule has 0 radical (unpaired) electrons. The summed E-state index contributed by atoms with van der Waals surface area (Å²) in [5, 5.41) is 13.6. The number of methoxy groups -OCH3 is 2. The van der Waals surface area contributed by atoms with Gasteiger partial charge in [-0.3, -0.25) is 9.59 Å². The van der Waals surface area contributed by atoms with Crippen molar-refractivity contribution in [3.05, 3.63) is 23.8 Å². The van der Waals surface area contributed by atoms with Gasteiger partial charge in [0.15, 0.2) is 11.5 Å². The molecule has 0 aliphatic heterocycles. The third-order valence-corrected chi connectivity index (χ3v) is 3.10. The molecule has 1 rings (SSSR count). The van der Waals surface area contributed by atoms with Crippen LogP contribution in [0, 0.1) is 0 Å². The first-order valence-electron chi connectivity index (χ1n) is 6.95. The zero-order valence-electron chi connectivity index (χ0n) is 13.2. The number of carboxylic acid groups (broad SMARTS) is 1. The van der Waals surface area contributed by atoms with Crippen molar-refractivity contribution in [1.29, 1.82) is 0 Å². The molecule has 126 valence electrons. The van der Waals surface area contributed by atoms with E-state index in [0.29, 0.717) is 17.1 Å². The third-order valence-electron chi connectivity index (χ3n) is 3.10. The van der Waals surface area contributed by atoms with Crippen molar-refractivity contribution in [2.75, 3.05) is 20.8 Å². The maximum atomic E-state index is 12.0. The second-order valence-corrected chi connectivity index (χ2v) is 4.62. The van der Waals surface area contributed by atoms with Crippen LogP contribution in [0.25, 0.3) is 0 Å². The molecule has 0 saturated carbocycles. The van der Waals surface area contributed by atoms with Crippen LogP contribution in [0.3, 0.4) is 0 Å². The molecule has 1 unspecified atom stereocenters. The molecule has 0 spiro atoms. The molecule has 1 aromatic rings. The van der Waals surface area contributed by atoms with Gasteiger partial charge < -0.3 is 25.2 Å². The van der Waals surface area contributed by atoms with Crippen LogP contribution >= 0.6 is 0 Å². The summed E-state index contributed by atoms with van der Waals surface area (Å²) >= 11 is 0. The fourth-order valence-corrected chi connectivity index (χ4v) is 1.82. The second-order valence-electron chi connectivity index (χ2n) is 4.62. The topological polar surface area (TPSA) is 114 Å². The SMILES string of the molecule is CCC(NC(=O)CNC(=O)c1ccc(OC)c(OC)c1)C(=O)O. The van der Waals surface area contributed by atoms with Gasteiger partial charge in [-0.1, -0.05) is 6.92 Å². The summed E-state index contributed by atoms with van der Waals surface area (Å²) in [6.07, 6.45) is 0.255. The molecule has 8 nitrogen and oxygen atoms in total. The van der Waals surface area contributed by atoms with E-state index in [1.54, 1.807) is 13.0 Å². The van der Waals surface area contributed by atoms with E-state index in [0.717, 1.165) is 0 Å². The number of amides is 2. The van der Waals surface area contributed by atoms with Gasteiger partial charge >= 0.3 is 5.97 Å². The number of carbonyl (C=O) groups excluding carboxylic acids is 2. The van der Waals surface area contributed by atoms with E-state index in [1.165, 1.54) is 26.4 Å². The molecule has 8 heteroatoms. The van der Waals surface area contributed by atoms with Crippen LogP contribution in [-0.4, -0.2) is 49.7 Å². The quantitative estimate of drug-likeness (QED) is 0.638. The molecule has 0 aliphatic carbocycles. The number of benzene rings is 1. The fourth-order valence-electron chi connectivity index (χ4n) is 1.82. The second kappa shape index (κ2) is 8.62. The Kier molecular flexibility index (Phi) is 6.85. The van der Waals surface area contributed by atoms with Gasteiger partial charge in [0.2, 0.25) is 5.91 Å². The molecule has 0 fully saturated rings. The molecular formula is C15H20N2O6. The highest BCUT2D eigenvalue weighted by atomic mass is 16.5. The van der Waals surface area contributed by atoms with Crippen LogP contribution in [-0.2, 0) is 9.59 Å². The largest absolute Gasteiger partial charge is 0.493 e. The van der Waals surface area contributed by atoms with Crippen LogP contribution in [0.5, 0.6) is 11.5 Å². The molecule has 0 aliphatic rings. The van der Waals surface area contributed by atoms with E-state index in [4.69, 9.17) is 14.6 Å². The fraction of sp³-hybridized carbons (Fsp3) is 0.400. The number of rotatable bonds is 8. The Bertz CT molecular complexity index is 587. The monoisotopic (exact) mass is 324 g/mol. The van der Waals surface area contributed by atoms with Crippen molar-refractivity contribution in [3.8, 4) is 11.5 Å². The maximum Gasteiger partial charge on any atom is 0.326 e.